The van der Waals surface area contributed by atoms with Crippen LogP contribution in [0.1, 0.15) is 62.6 Å². The second-order valence-electron chi connectivity index (χ2n) is 8.38. The Labute approximate surface area is 174 Å². The van der Waals surface area contributed by atoms with Gasteiger partial charge < -0.3 is 10.3 Å². The van der Waals surface area contributed by atoms with E-state index in [0.29, 0.717) is 16.7 Å². The number of aromatic nitrogens is 1. The van der Waals surface area contributed by atoms with Gasteiger partial charge in [-0.2, -0.15) is 0 Å². The lowest BCUT2D eigenvalue weighted by Crippen LogP contribution is -2.38. The molecule has 1 aliphatic heterocycles. The van der Waals surface area contributed by atoms with Gasteiger partial charge in [0.05, 0.1) is 11.1 Å². The van der Waals surface area contributed by atoms with Crippen LogP contribution in [-0.4, -0.2) is 39.7 Å². The van der Waals surface area contributed by atoms with Crippen molar-refractivity contribution in [3.05, 3.63) is 70.4 Å². The van der Waals surface area contributed by atoms with Gasteiger partial charge in [-0.1, -0.05) is 18.2 Å². The number of amides is 3. The smallest absolute Gasteiger partial charge is 0.261 e. The van der Waals surface area contributed by atoms with Crippen LogP contribution < -0.4 is 5.32 Å². The van der Waals surface area contributed by atoms with Crippen LogP contribution in [0.15, 0.2) is 42.5 Å². The summed E-state index contributed by atoms with van der Waals surface area (Å²) in [6, 6.07) is 12.8. The number of carbonyl (C=O) groups is 3. The van der Waals surface area contributed by atoms with Crippen LogP contribution in [0, 0.1) is 0 Å². The number of nitrogens with one attached hydrogen (secondary N) is 2. The molecule has 30 heavy (non-hydrogen) atoms. The van der Waals surface area contributed by atoms with Gasteiger partial charge in [0.1, 0.15) is 0 Å². The summed E-state index contributed by atoms with van der Waals surface area (Å²) in [6.07, 6.45) is 2.52. The molecule has 2 heterocycles. The molecule has 5 rings (SSSR count). The van der Waals surface area contributed by atoms with Crippen molar-refractivity contribution < 1.29 is 14.4 Å². The third-order valence-corrected chi connectivity index (χ3v) is 6.13. The summed E-state index contributed by atoms with van der Waals surface area (Å²) in [7, 11) is 0. The van der Waals surface area contributed by atoms with E-state index in [1.807, 2.05) is 12.1 Å². The number of hydrogen-bond donors (Lipinski definition) is 2. The van der Waals surface area contributed by atoms with Crippen molar-refractivity contribution >= 4 is 28.6 Å². The first-order valence-electron chi connectivity index (χ1n) is 10.4. The van der Waals surface area contributed by atoms with Gasteiger partial charge in [-0.25, -0.2) is 0 Å². The molecule has 0 fully saturated rings. The summed E-state index contributed by atoms with van der Waals surface area (Å²) >= 11 is 0. The van der Waals surface area contributed by atoms with Gasteiger partial charge in [0.15, 0.2) is 0 Å². The number of H-pyrrole nitrogens is 1. The van der Waals surface area contributed by atoms with Crippen LogP contribution in [0.2, 0.25) is 0 Å². The van der Waals surface area contributed by atoms with Crippen LogP contribution in [-0.2, 0) is 12.8 Å². The Hall–Kier alpha value is -3.41. The fraction of sp³-hybridized carbons (Fsp3) is 0.292. The SMILES string of the molecule is CC(C)N1C(=O)c2ccc(C(=O)NC3CCc4c([nH]c5ccccc45)C3)cc2C1=O. The Balaban J connectivity index is 1.35. The number of aryl methyl sites for hydroxylation is 1. The monoisotopic (exact) mass is 401 g/mol. The molecule has 0 spiro atoms. The van der Waals surface area contributed by atoms with E-state index in [0.717, 1.165) is 24.8 Å². The van der Waals surface area contributed by atoms with E-state index in [2.05, 4.69) is 22.4 Å². The summed E-state index contributed by atoms with van der Waals surface area (Å²) in [5, 5.41) is 4.36. The van der Waals surface area contributed by atoms with Crippen molar-refractivity contribution in [3.8, 4) is 0 Å². The highest BCUT2D eigenvalue weighted by atomic mass is 16.2. The van der Waals surface area contributed by atoms with Crippen molar-refractivity contribution in [2.24, 2.45) is 0 Å². The third-order valence-electron chi connectivity index (χ3n) is 6.13. The summed E-state index contributed by atoms with van der Waals surface area (Å²) in [6.45, 7) is 3.60. The van der Waals surface area contributed by atoms with Gasteiger partial charge in [-0.15, -0.1) is 0 Å². The zero-order chi connectivity index (χ0) is 21.0. The maximum Gasteiger partial charge on any atom is 0.261 e. The number of para-hydroxylation sites is 1. The fourth-order valence-electron chi connectivity index (χ4n) is 4.64. The molecule has 1 unspecified atom stereocenters. The largest absolute Gasteiger partial charge is 0.358 e. The average molecular weight is 401 g/mol. The number of benzene rings is 2. The van der Waals surface area contributed by atoms with Gasteiger partial charge in [-0.05, 0) is 56.5 Å². The van der Waals surface area contributed by atoms with Crippen LogP contribution in [0.4, 0.5) is 0 Å². The van der Waals surface area contributed by atoms with E-state index in [9.17, 15) is 14.4 Å². The third kappa shape index (κ3) is 2.83. The molecule has 1 atom stereocenters. The van der Waals surface area contributed by atoms with Crippen molar-refractivity contribution in [2.75, 3.05) is 0 Å². The summed E-state index contributed by atoms with van der Waals surface area (Å²) in [4.78, 5) is 42.6. The van der Waals surface area contributed by atoms with Crippen molar-refractivity contribution in [2.45, 2.75) is 45.2 Å². The molecule has 0 bridgehead atoms. The molecule has 2 aliphatic rings. The van der Waals surface area contributed by atoms with Crippen LogP contribution >= 0.6 is 0 Å². The van der Waals surface area contributed by atoms with E-state index in [4.69, 9.17) is 0 Å². The molecule has 1 aliphatic carbocycles. The minimum atomic E-state index is -0.333. The molecule has 2 aromatic carbocycles. The number of hydrogen-bond acceptors (Lipinski definition) is 3. The lowest BCUT2D eigenvalue weighted by atomic mass is 9.91. The molecular formula is C24H23N3O3. The molecule has 0 saturated carbocycles. The zero-order valence-electron chi connectivity index (χ0n) is 17.0. The van der Waals surface area contributed by atoms with Gasteiger partial charge >= 0.3 is 0 Å². The Bertz CT molecular complexity index is 1210. The lowest BCUT2D eigenvalue weighted by Gasteiger charge is -2.23. The molecule has 0 saturated heterocycles. The Morgan fingerprint density at radius 3 is 2.67 bits per heavy atom. The van der Waals surface area contributed by atoms with Crippen LogP contribution in [0.25, 0.3) is 10.9 Å². The van der Waals surface area contributed by atoms with Gasteiger partial charge in [0.2, 0.25) is 0 Å². The number of nitrogens with zero attached hydrogens (tertiary/aromatic N) is 1. The van der Waals surface area contributed by atoms with Gasteiger partial charge in [0, 0.05) is 40.7 Å². The van der Waals surface area contributed by atoms with E-state index < -0.39 is 0 Å². The number of carbonyl (C=O) groups excluding carboxylic acids is 3. The Kier molecular flexibility index (Phi) is 4.24. The van der Waals surface area contributed by atoms with E-state index in [-0.39, 0.29) is 29.8 Å². The molecule has 3 amide bonds. The van der Waals surface area contributed by atoms with E-state index in [1.54, 1.807) is 32.0 Å². The number of rotatable bonds is 3. The standard InChI is InChI=1S/C24H23N3O3/c1-13(2)27-23(29)18-9-7-14(11-19(18)24(27)30)22(28)25-15-8-10-17-16-5-3-4-6-20(16)26-21(17)12-15/h3-7,9,11,13,15,26H,8,10,12H2,1-2H3,(H,25,28). The lowest BCUT2D eigenvalue weighted by molar-refractivity contribution is 0.0609. The normalized spacial score (nSPS) is 18.1. The molecular weight excluding hydrogens is 378 g/mol. The minimum absolute atomic E-state index is 0.0239. The first kappa shape index (κ1) is 18.6. The van der Waals surface area contributed by atoms with Crippen molar-refractivity contribution in [3.63, 3.8) is 0 Å². The molecule has 2 N–H and O–H groups in total. The maximum atomic E-state index is 12.9. The maximum absolute atomic E-state index is 12.9. The first-order chi connectivity index (χ1) is 14.4. The molecule has 1 aromatic heterocycles. The van der Waals surface area contributed by atoms with E-state index >= 15 is 0 Å². The highest BCUT2D eigenvalue weighted by Gasteiger charge is 2.37. The Morgan fingerprint density at radius 1 is 1.10 bits per heavy atom. The predicted molar refractivity (Wildman–Crippen MR) is 114 cm³/mol. The fourth-order valence-corrected chi connectivity index (χ4v) is 4.64. The average Bonchev–Trinajstić information content (AvgIpc) is 3.22. The highest BCUT2D eigenvalue weighted by Crippen LogP contribution is 2.30. The second kappa shape index (κ2) is 6.83. The van der Waals surface area contributed by atoms with Crippen LogP contribution in [0.3, 0.4) is 0 Å². The Morgan fingerprint density at radius 2 is 1.87 bits per heavy atom. The molecule has 6 nitrogen and oxygen atoms in total. The van der Waals surface area contributed by atoms with Crippen LogP contribution in [0.5, 0.6) is 0 Å². The molecule has 6 heteroatoms. The van der Waals surface area contributed by atoms with Gasteiger partial charge in [-0.3, -0.25) is 19.3 Å². The molecule has 3 aromatic rings. The van der Waals surface area contributed by atoms with Crippen molar-refractivity contribution in [1.82, 2.24) is 15.2 Å². The topological polar surface area (TPSA) is 82.3 Å². The quantitative estimate of drug-likeness (QED) is 0.660. The first-order valence-corrected chi connectivity index (χ1v) is 10.4. The number of aromatic amines is 1. The zero-order valence-corrected chi connectivity index (χ0v) is 17.0. The predicted octanol–water partition coefficient (Wildman–Crippen LogP) is 3.46. The number of fused-ring (bicyclic) bond motifs is 4. The van der Waals surface area contributed by atoms with Gasteiger partial charge in [0.25, 0.3) is 17.7 Å². The number of imide groups is 1. The summed E-state index contributed by atoms with van der Waals surface area (Å²) < 4.78 is 0. The summed E-state index contributed by atoms with van der Waals surface area (Å²) in [5.74, 6) is -0.846. The minimum Gasteiger partial charge on any atom is -0.358 e. The van der Waals surface area contributed by atoms with Crippen molar-refractivity contribution in [1.29, 1.82) is 0 Å². The molecule has 152 valence electrons. The second-order valence-corrected chi connectivity index (χ2v) is 8.38. The highest BCUT2D eigenvalue weighted by molar-refractivity contribution is 6.22. The summed E-state index contributed by atoms with van der Waals surface area (Å²) in [5.41, 5.74) is 4.73. The molecule has 0 radical (unpaired) electrons. The van der Waals surface area contributed by atoms with E-state index in [1.165, 1.54) is 21.5 Å².